The van der Waals surface area contributed by atoms with Crippen LogP contribution in [0.5, 0.6) is 0 Å². The predicted molar refractivity (Wildman–Crippen MR) is 172 cm³/mol. The summed E-state index contributed by atoms with van der Waals surface area (Å²) in [5.41, 5.74) is 5.20. The molecule has 6 aromatic rings. The lowest BCUT2D eigenvalue weighted by atomic mass is 9.65. The minimum atomic E-state index is -1.82. The lowest BCUT2D eigenvalue weighted by Gasteiger charge is -2.45. The van der Waals surface area contributed by atoms with Gasteiger partial charge in [-0.3, -0.25) is 0 Å². The van der Waals surface area contributed by atoms with Gasteiger partial charge >= 0.3 is 0 Å². The van der Waals surface area contributed by atoms with Crippen molar-refractivity contribution in [1.29, 1.82) is 0 Å². The van der Waals surface area contributed by atoms with E-state index in [1.165, 1.54) is 0 Å². The van der Waals surface area contributed by atoms with Gasteiger partial charge in [-0.05, 0) is 69.5 Å². The first-order valence-electron chi connectivity index (χ1n) is 14.3. The van der Waals surface area contributed by atoms with Crippen molar-refractivity contribution >= 4 is 0 Å². The van der Waals surface area contributed by atoms with E-state index in [2.05, 4.69) is 38.1 Å². The minimum Gasteiger partial charge on any atom is -0.377 e. The zero-order valence-electron chi connectivity index (χ0n) is 23.9. The molecule has 0 bridgehead atoms. The maximum absolute atomic E-state index is 13.2. The van der Waals surface area contributed by atoms with Gasteiger partial charge in [-0.2, -0.15) is 0 Å². The van der Waals surface area contributed by atoms with Gasteiger partial charge in [0.15, 0.2) is 11.2 Å². The lowest BCUT2D eigenvalue weighted by Crippen LogP contribution is -2.51. The first-order chi connectivity index (χ1) is 20.4. The number of hydrogen-bond donors (Lipinski definition) is 2. The molecular weight excluding hydrogens is 512 g/mol. The van der Waals surface area contributed by atoms with E-state index in [4.69, 9.17) is 0 Å². The Hall–Kier alpha value is -4.76. The molecule has 2 nitrogen and oxygen atoms in total. The van der Waals surface area contributed by atoms with Crippen LogP contribution in [0.3, 0.4) is 0 Å². The molecule has 0 aliphatic rings. The molecule has 0 heterocycles. The number of aryl methyl sites for hydroxylation is 2. The summed E-state index contributed by atoms with van der Waals surface area (Å²) in [5.74, 6) is 0. The lowest BCUT2D eigenvalue weighted by molar-refractivity contribution is -0.113. The summed E-state index contributed by atoms with van der Waals surface area (Å²) >= 11 is 0. The van der Waals surface area contributed by atoms with Crippen LogP contribution in [-0.2, 0) is 11.2 Å². The average Bonchev–Trinajstić information content (AvgIpc) is 3.05. The minimum absolute atomic E-state index is 0.605. The Labute approximate surface area is 248 Å². The molecule has 0 aliphatic carbocycles. The average molecular weight is 547 g/mol. The van der Waals surface area contributed by atoms with E-state index in [0.29, 0.717) is 22.3 Å². The first kappa shape index (κ1) is 27.4. The Balaban J connectivity index is 1.61. The molecule has 0 radical (unpaired) electrons. The standard InChI is InChI=1S/C40H34O2/c1-29-27-35(23-25-37(29)31-15-7-3-8-16-31)39(41,33-19-11-5-12-20-33)40(42,34-21-13-6-14-22-34)36-24-26-38(30(2)28-36)32-17-9-4-10-18-32/h3-28,41-42H,1-2H3/t39-,40-/m1/s1. The zero-order valence-corrected chi connectivity index (χ0v) is 23.9. The summed E-state index contributed by atoms with van der Waals surface area (Å²) < 4.78 is 0. The number of aliphatic hydroxyl groups is 2. The molecule has 0 unspecified atom stereocenters. The van der Waals surface area contributed by atoms with Gasteiger partial charge < -0.3 is 10.2 Å². The molecule has 2 N–H and O–H groups in total. The van der Waals surface area contributed by atoms with Gasteiger partial charge in [0.05, 0.1) is 0 Å². The Bertz CT molecular complexity index is 1660. The molecule has 0 aromatic heterocycles. The molecule has 0 spiro atoms. The van der Waals surface area contributed by atoms with Crippen molar-refractivity contribution in [2.24, 2.45) is 0 Å². The van der Waals surface area contributed by atoms with Gasteiger partial charge in [-0.25, -0.2) is 0 Å². The third-order valence-electron chi connectivity index (χ3n) is 8.36. The Kier molecular flexibility index (Phi) is 7.34. The quantitative estimate of drug-likeness (QED) is 0.210. The SMILES string of the molecule is Cc1cc([C@](O)(c2ccccc2)[C@@](O)(c2ccccc2)c2ccc(-c3ccccc3)c(C)c2)ccc1-c1ccccc1. The van der Waals surface area contributed by atoms with Crippen LogP contribution < -0.4 is 0 Å². The summed E-state index contributed by atoms with van der Waals surface area (Å²) in [6.45, 7) is 4.11. The summed E-state index contributed by atoms with van der Waals surface area (Å²) in [6.07, 6.45) is 0. The molecule has 0 fully saturated rings. The van der Waals surface area contributed by atoms with Crippen LogP contribution in [0.2, 0.25) is 0 Å². The molecular formula is C40H34O2. The molecule has 0 aliphatic heterocycles. The number of benzene rings is 6. The summed E-state index contributed by atoms with van der Waals surface area (Å²) in [4.78, 5) is 0. The van der Waals surface area contributed by atoms with Crippen LogP contribution in [0, 0.1) is 13.8 Å². The molecule has 2 atom stereocenters. The molecule has 6 aromatic carbocycles. The Morgan fingerprint density at radius 3 is 0.976 bits per heavy atom. The summed E-state index contributed by atoms with van der Waals surface area (Å²) in [7, 11) is 0. The van der Waals surface area contributed by atoms with Crippen LogP contribution in [0.25, 0.3) is 22.3 Å². The van der Waals surface area contributed by atoms with Gasteiger partial charge in [0, 0.05) is 0 Å². The third-order valence-corrected chi connectivity index (χ3v) is 8.36. The zero-order chi connectivity index (χ0) is 29.2. The second-order valence-corrected chi connectivity index (χ2v) is 10.9. The van der Waals surface area contributed by atoms with Gasteiger partial charge in [-0.15, -0.1) is 0 Å². The first-order valence-corrected chi connectivity index (χ1v) is 14.3. The third kappa shape index (κ3) is 4.65. The molecule has 2 heteroatoms. The number of rotatable bonds is 7. The van der Waals surface area contributed by atoms with Gasteiger partial charge in [0.2, 0.25) is 0 Å². The molecule has 0 saturated heterocycles. The highest BCUT2D eigenvalue weighted by Gasteiger charge is 2.54. The molecule has 0 saturated carbocycles. The largest absolute Gasteiger partial charge is 0.377 e. The molecule has 42 heavy (non-hydrogen) atoms. The number of hydrogen-bond acceptors (Lipinski definition) is 2. The van der Waals surface area contributed by atoms with Crippen molar-refractivity contribution in [3.05, 3.63) is 191 Å². The normalized spacial score (nSPS) is 14.1. The molecule has 6 rings (SSSR count). The van der Waals surface area contributed by atoms with E-state index in [-0.39, 0.29) is 0 Å². The summed E-state index contributed by atoms with van der Waals surface area (Å²) in [6, 6.07) is 51.5. The highest BCUT2D eigenvalue weighted by molar-refractivity contribution is 5.70. The van der Waals surface area contributed by atoms with E-state index >= 15 is 0 Å². The summed E-state index contributed by atoms with van der Waals surface area (Å²) in [5, 5.41) is 26.4. The fraction of sp³-hybridized carbons (Fsp3) is 0.100. The van der Waals surface area contributed by atoms with Crippen molar-refractivity contribution in [2.75, 3.05) is 0 Å². The highest BCUT2D eigenvalue weighted by Crippen LogP contribution is 2.50. The second kappa shape index (κ2) is 11.3. The molecule has 0 amide bonds. The smallest absolute Gasteiger partial charge is 0.152 e. The van der Waals surface area contributed by atoms with E-state index in [0.717, 1.165) is 33.4 Å². The van der Waals surface area contributed by atoms with Crippen molar-refractivity contribution in [1.82, 2.24) is 0 Å². The Morgan fingerprint density at radius 1 is 0.357 bits per heavy atom. The van der Waals surface area contributed by atoms with E-state index in [9.17, 15) is 10.2 Å². The van der Waals surface area contributed by atoms with E-state index in [1.54, 1.807) is 0 Å². The predicted octanol–water partition coefficient (Wildman–Crippen LogP) is 8.81. The van der Waals surface area contributed by atoms with Crippen LogP contribution in [0.4, 0.5) is 0 Å². The van der Waals surface area contributed by atoms with Gasteiger partial charge in [0.25, 0.3) is 0 Å². The topological polar surface area (TPSA) is 40.5 Å². The fourth-order valence-electron chi connectivity index (χ4n) is 6.19. The maximum Gasteiger partial charge on any atom is 0.152 e. The maximum atomic E-state index is 13.2. The van der Waals surface area contributed by atoms with Crippen molar-refractivity contribution in [2.45, 2.75) is 25.0 Å². The van der Waals surface area contributed by atoms with Crippen molar-refractivity contribution in [3.8, 4) is 22.3 Å². The van der Waals surface area contributed by atoms with Crippen LogP contribution >= 0.6 is 0 Å². The van der Waals surface area contributed by atoms with Gasteiger partial charge in [0.1, 0.15) is 0 Å². The van der Waals surface area contributed by atoms with Crippen LogP contribution in [0.1, 0.15) is 33.4 Å². The monoisotopic (exact) mass is 546 g/mol. The molecule has 206 valence electrons. The Morgan fingerprint density at radius 2 is 0.667 bits per heavy atom. The fourth-order valence-corrected chi connectivity index (χ4v) is 6.19. The van der Waals surface area contributed by atoms with E-state index < -0.39 is 11.2 Å². The van der Waals surface area contributed by atoms with Crippen LogP contribution in [0.15, 0.2) is 158 Å². The van der Waals surface area contributed by atoms with Crippen LogP contribution in [-0.4, -0.2) is 10.2 Å². The van der Waals surface area contributed by atoms with Gasteiger partial charge in [-0.1, -0.05) is 158 Å². The second-order valence-electron chi connectivity index (χ2n) is 10.9. The van der Waals surface area contributed by atoms with Crippen molar-refractivity contribution in [3.63, 3.8) is 0 Å². The van der Waals surface area contributed by atoms with Crippen molar-refractivity contribution < 1.29 is 10.2 Å². The highest BCUT2D eigenvalue weighted by atomic mass is 16.4. The van der Waals surface area contributed by atoms with E-state index in [1.807, 2.05) is 133 Å².